The summed E-state index contributed by atoms with van der Waals surface area (Å²) in [5.41, 5.74) is 0. The van der Waals surface area contributed by atoms with Crippen molar-refractivity contribution in [2.24, 2.45) is 11.8 Å². The molecule has 0 aliphatic carbocycles. The molecule has 26 heavy (non-hydrogen) atoms. The van der Waals surface area contributed by atoms with Crippen molar-refractivity contribution in [3.05, 3.63) is 24.4 Å². The molecule has 0 aromatic carbocycles. The van der Waals surface area contributed by atoms with Crippen LogP contribution < -0.4 is 0 Å². The van der Waals surface area contributed by atoms with Gasteiger partial charge in [0.05, 0.1) is 6.54 Å². The summed E-state index contributed by atoms with van der Waals surface area (Å²) in [4.78, 5) is 17.4. The van der Waals surface area contributed by atoms with Gasteiger partial charge in [0.2, 0.25) is 5.91 Å². The van der Waals surface area contributed by atoms with E-state index in [0.717, 1.165) is 19.6 Å². The largest absolute Gasteiger partial charge is 0.364 e. The van der Waals surface area contributed by atoms with Crippen LogP contribution in [0.4, 0.5) is 0 Å². The quantitative estimate of drug-likeness (QED) is 0.399. The predicted molar refractivity (Wildman–Crippen MR) is 113 cm³/mol. The minimum atomic E-state index is 0.301. The van der Waals surface area contributed by atoms with E-state index in [1.165, 1.54) is 51.4 Å². The average molecular weight is 363 g/mol. The number of allylic oxidation sites excluding steroid dienone is 2. The highest BCUT2D eigenvalue weighted by Crippen LogP contribution is 2.19. The van der Waals surface area contributed by atoms with Crippen LogP contribution in [-0.4, -0.2) is 41.9 Å². The smallest absolute Gasteiger partial charge is 0.242 e. The highest BCUT2D eigenvalue weighted by atomic mass is 16.2. The van der Waals surface area contributed by atoms with Crippen molar-refractivity contribution in [2.75, 3.05) is 26.2 Å². The first-order chi connectivity index (χ1) is 12.6. The van der Waals surface area contributed by atoms with E-state index in [1.54, 1.807) is 0 Å². The summed E-state index contributed by atoms with van der Waals surface area (Å²) in [6.07, 6.45) is 18.1. The summed E-state index contributed by atoms with van der Waals surface area (Å²) in [5.74, 6) is 1.58. The lowest BCUT2D eigenvalue weighted by molar-refractivity contribution is -0.133. The van der Waals surface area contributed by atoms with Gasteiger partial charge in [0, 0.05) is 19.6 Å². The molecule has 0 spiro atoms. The first-order valence-corrected chi connectivity index (χ1v) is 11.0. The van der Waals surface area contributed by atoms with Crippen LogP contribution in [-0.2, 0) is 4.79 Å². The molecule has 0 bridgehead atoms. The van der Waals surface area contributed by atoms with Crippen LogP contribution in [0.1, 0.15) is 79.1 Å². The van der Waals surface area contributed by atoms with E-state index in [2.05, 4.69) is 49.6 Å². The predicted octanol–water partition coefficient (Wildman–Crippen LogP) is 5.63. The van der Waals surface area contributed by atoms with E-state index in [1.807, 2.05) is 12.3 Å². The highest BCUT2D eigenvalue weighted by Gasteiger charge is 2.22. The molecule has 0 aromatic rings. The Hall–Kier alpha value is -1.25. The molecule has 3 nitrogen and oxygen atoms in total. The van der Waals surface area contributed by atoms with Gasteiger partial charge in [-0.25, -0.2) is 0 Å². The van der Waals surface area contributed by atoms with E-state index in [0.29, 0.717) is 24.3 Å². The number of carbonyl (C=O) groups is 1. The SMILES string of the molecule is CCCCC(CC)CN(CC(CC)CCCC)C(=O)CN1C=CC=CC1. The zero-order valence-corrected chi connectivity index (χ0v) is 17.8. The number of carbonyl (C=O) groups excluding carboxylic acids is 1. The van der Waals surface area contributed by atoms with Crippen molar-refractivity contribution < 1.29 is 4.79 Å². The van der Waals surface area contributed by atoms with Gasteiger partial charge in [-0.2, -0.15) is 0 Å². The fourth-order valence-electron chi connectivity index (χ4n) is 3.63. The first kappa shape index (κ1) is 22.8. The minimum Gasteiger partial charge on any atom is -0.364 e. The van der Waals surface area contributed by atoms with Gasteiger partial charge in [-0.05, 0) is 37.0 Å². The summed E-state index contributed by atoms with van der Waals surface area (Å²) < 4.78 is 0. The molecular weight excluding hydrogens is 320 g/mol. The topological polar surface area (TPSA) is 23.6 Å². The Kier molecular flexibility index (Phi) is 12.2. The Morgan fingerprint density at radius 3 is 1.96 bits per heavy atom. The fourth-order valence-corrected chi connectivity index (χ4v) is 3.63. The van der Waals surface area contributed by atoms with Crippen LogP contribution in [0.5, 0.6) is 0 Å². The second kappa shape index (κ2) is 13.9. The number of rotatable bonds is 14. The third-order valence-electron chi connectivity index (χ3n) is 5.62. The maximum Gasteiger partial charge on any atom is 0.242 e. The molecule has 1 aliphatic rings. The summed E-state index contributed by atoms with van der Waals surface area (Å²) in [6.45, 7) is 12.3. The van der Waals surface area contributed by atoms with Gasteiger partial charge in [-0.1, -0.05) is 78.4 Å². The molecule has 0 fully saturated rings. The van der Waals surface area contributed by atoms with Crippen molar-refractivity contribution in [3.8, 4) is 0 Å². The third kappa shape index (κ3) is 8.91. The van der Waals surface area contributed by atoms with Crippen molar-refractivity contribution in [1.29, 1.82) is 0 Å². The van der Waals surface area contributed by atoms with Crippen molar-refractivity contribution in [1.82, 2.24) is 9.80 Å². The van der Waals surface area contributed by atoms with Crippen LogP contribution in [0, 0.1) is 11.8 Å². The van der Waals surface area contributed by atoms with Crippen LogP contribution >= 0.6 is 0 Å². The molecule has 2 unspecified atom stereocenters. The molecule has 1 amide bonds. The lowest BCUT2D eigenvalue weighted by atomic mass is 9.95. The molecule has 0 saturated carbocycles. The fraction of sp³-hybridized carbons (Fsp3) is 0.783. The molecule has 150 valence electrons. The van der Waals surface area contributed by atoms with Crippen molar-refractivity contribution in [2.45, 2.75) is 79.1 Å². The number of unbranched alkanes of at least 4 members (excludes halogenated alkanes) is 2. The van der Waals surface area contributed by atoms with E-state index in [-0.39, 0.29) is 0 Å². The van der Waals surface area contributed by atoms with Gasteiger partial charge in [-0.3, -0.25) is 4.79 Å². The van der Waals surface area contributed by atoms with Gasteiger partial charge < -0.3 is 9.80 Å². The van der Waals surface area contributed by atoms with Gasteiger partial charge in [-0.15, -0.1) is 0 Å². The molecule has 1 heterocycles. The summed E-state index contributed by atoms with van der Waals surface area (Å²) in [7, 11) is 0. The van der Waals surface area contributed by atoms with E-state index >= 15 is 0 Å². The Labute approximate surface area is 162 Å². The van der Waals surface area contributed by atoms with Crippen LogP contribution in [0.2, 0.25) is 0 Å². The molecule has 0 radical (unpaired) electrons. The number of hydrogen-bond donors (Lipinski definition) is 0. The highest BCUT2D eigenvalue weighted by molar-refractivity contribution is 5.78. The van der Waals surface area contributed by atoms with Gasteiger partial charge in [0.25, 0.3) is 0 Å². The second-order valence-corrected chi connectivity index (χ2v) is 7.83. The number of amides is 1. The van der Waals surface area contributed by atoms with Crippen LogP contribution in [0.25, 0.3) is 0 Å². The van der Waals surface area contributed by atoms with E-state index in [9.17, 15) is 4.79 Å². The minimum absolute atomic E-state index is 0.301. The lowest BCUT2D eigenvalue weighted by Gasteiger charge is -2.32. The Balaban J connectivity index is 2.72. The summed E-state index contributed by atoms with van der Waals surface area (Å²) in [6, 6.07) is 0. The summed E-state index contributed by atoms with van der Waals surface area (Å²) >= 11 is 0. The second-order valence-electron chi connectivity index (χ2n) is 7.83. The van der Waals surface area contributed by atoms with Crippen molar-refractivity contribution >= 4 is 5.91 Å². The third-order valence-corrected chi connectivity index (χ3v) is 5.62. The van der Waals surface area contributed by atoms with Crippen LogP contribution in [0.3, 0.4) is 0 Å². The molecule has 0 aromatic heterocycles. The monoisotopic (exact) mass is 362 g/mol. The average Bonchev–Trinajstić information content (AvgIpc) is 2.67. The molecule has 3 heteroatoms. The lowest BCUT2D eigenvalue weighted by Crippen LogP contribution is -2.43. The maximum atomic E-state index is 13.1. The standard InChI is InChI=1S/C23H42N2O/c1-5-9-14-21(7-3)18-25(19-22(8-4)15-10-6-2)23(26)20-24-16-12-11-13-17-24/h11-13,16,21-22H,5-10,14-15,17-20H2,1-4H3. The Bertz CT molecular complexity index is 412. The number of nitrogens with zero attached hydrogens (tertiary/aromatic N) is 2. The molecule has 2 atom stereocenters. The Morgan fingerprint density at radius 2 is 1.54 bits per heavy atom. The van der Waals surface area contributed by atoms with E-state index in [4.69, 9.17) is 0 Å². The first-order valence-electron chi connectivity index (χ1n) is 11.0. The van der Waals surface area contributed by atoms with Crippen molar-refractivity contribution in [3.63, 3.8) is 0 Å². The van der Waals surface area contributed by atoms with E-state index < -0.39 is 0 Å². The molecule has 0 N–H and O–H groups in total. The normalized spacial score (nSPS) is 15.9. The molecule has 0 saturated heterocycles. The number of hydrogen-bond acceptors (Lipinski definition) is 2. The van der Waals surface area contributed by atoms with Gasteiger partial charge in [0.15, 0.2) is 0 Å². The Morgan fingerprint density at radius 1 is 0.962 bits per heavy atom. The maximum absolute atomic E-state index is 13.1. The molecular formula is C23H42N2O. The zero-order valence-electron chi connectivity index (χ0n) is 17.8. The zero-order chi connectivity index (χ0) is 19.2. The molecule has 1 rings (SSSR count). The summed E-state index contributed by atoms with van der Waals surface area (Å²) in [5, 5.41) is 0. The molecule has 1 aliphatic heterocycles. The van der Waals surface area contributed by atoms with Crippen LogP contribution in [0.15, 0.2) is 24.4 Å². The van der Waals surface area contributed by atoms with Gasteiger partial charge >= 0.3 is 0 Å². The van der Waals surface area contributed by atoms with Gasteiger partial charge in [0.1, 0.15) is 0 Å².